The Morgan fingerprint density at radius 1 is 1.36 bits per heavy atom. The molecule has 0 bridgehead atoms. The maximum Gasteiger partial charge on any atom is 0.233 e. The van der Waals surface area contributed by atoms with Crippen molar-refractivity contribution in [1.29, 1.82) is 0 Å². The Morgan fingerprint density at radius 3 is 2.92 bits per heavy atom. The van der Waals surface area contributed by atoms with Crippen LogP contribution in [0.3, 0.4) is 0 Å². The Hall–Kier alpha value is -2.18. The number of amides is 1. The van der Waals surface area contributed by atoms with Crippen molar-refractivity contribution in [3.8, 4) is 5.75 Å². The van der Waals surface area contributed by atoms with Crippen LogP contribution < -0.4 is 10.1 Å². The molecule has 1 aliphatic carbocycles. The van der Waals surface area contributed by atoms with E-state index in [1.807, 2.05) is 18.4 Å². The van der Waals surface area contributed by atoms with Crippen LogP contribution in [0.25, 0.3) is 0 Å². The summed E-state index contributed by atoms with van der Waals surface area (Å²) in [6.45, 7) is 2.05. The fraction of sp³-hybridized carbons (Fsp3) is 0.263. The average Bonchev–Trinajstić information content (AvgIpc) is 3.33. The van der Waals surface area contributed by atoms with E-state index in [1.165, 1.54) is 28.0 Å². The van der Waals surface area contributed by atoms with Crippen molar-refractivity contribution in [2.75, 3.05) is 12.4 Å². The van der Waals surface area contributed by atoms with E-state index in [1.54, 1.807) is 24.6 Å². The lowest BCUT2D eigenvalue weighted by Gasteiger charge is -2.30. The van der Waals surface area contributed by atoms with Crippen LogP contribution in [-0.2, 0) is 11.2 Å². The van der Waals surface area contributed by atoms with Crippen molar-refractivity contribution in [2.24, 2.45) is 5.41 Å². The minimum Gasteiger partial charge on any atom is -0.497 e. The number of hydrogen-bond acceptors (Lipinski definition) is 5. The molecule has 2 aromatic heterocycles. The van der Waals surface area contributed by atoms with Gasteiger partial charge in [0.25, 0.3) is 0 Å². The summed E-state index contributed by atoms with van der Waals surface area (Å²) in [5, 5.41) is 9.70. The first-order valence-electron chi connectivity index (χ1n) is 8.01. The molecule has 0 fully saturated rings. The number of nitrogens with one attached hydrogen (secondary N) is 1. The van der Waals surface area contributed by atoms with Gasteiger partial charge in [-0.15, -0.1) is 11.3 Å². The predicted octanol–water partition coefficient (Wildman–Crippen LogP) is 4.55. The fourth-order valence-electron chi connectivity index (χ4n) is 3.69. The summed E-state index contributed by atoms with van der Waals surface area (Å²) in [6, 6.07) is 8.22. The zero-order valence-electron chi connectivity index (χ0n) is 14.0. The largest absolute Gasteiger partial charge is 0.497 e. The number of aromatic nitrogens is 1. The van der Waals surface area contributed by atoms with Gasteiger partial charge in [0.2, 0.25) is 5.91 Å². The molecule has 0 aliphatic heterocycles. The third-order valence-corrected chi connectivity index (χ3v) is 6.30. The molecule has 0 radical (unpaired) electrons. The van der Waals surface area contributed by atoms with Crippen LogP contribution in [0, 0.1) is 5.41 Å². The van der Waals surface area contributed by atoms with E-state index in [9.17, 15) is 4.79 Å². The Kier molecular flexibility index (Phi) is 4.09. The van der Waals surface area contributed by atoms with E-state index in [2.05, 4.69) is 39.3 Å². The van der Waals surface area contributed by atoms with Gasteiger partial charge in [0, 0.05) is 17.5 Å². The van der Waals surface area contributed by atoms with Gasteiger partial charge in [-0.25, -0.2) is 4.98 Å². The number of methoxy groups -OCH3 is 1. The second-order valence-corrected chi connectivity index (χ2v) is 8.11. The molecule has 2 atom stereocenters. The number of hydrogen-bond donors (Lipinski definition) is 1. The number of carbonyl (C=O) groups excluding carboxylic acids is 1. The average molecular weight is 370 g/mol. The van der Waals surface area contributed by atoms with Crippen molar-refractivity contribution in [3.63, 3.8) is 0 Å². The summed E-state index contributed by atoms with van der Waals surface area (Å²) in [6.07, 6.45) is 2.40. The molecule has 6 heteroatoms. The Balaban J connectivity index is 1.77. The van der Waals surface area contributed by atoms with Crippen molar-refractivity contribution >= 4 is 33.7 Å². The summed E-state index contributed by atoms with van der Waals surface area (Å²) < 4.78 is 5.41. The topological polar surface area (TPSA) is 51.2 Å². The van der Waals surface area contributed by atoms with E-state index in [-0.39, 0.29) is 11.8 Å². The third-order valence-electron chi connectivity index (χ3n) is 4.91. The zero-order valence-corrected chi connectivity index (χ0v) is 15.6. The highest BCUT2D eigenvalue weighted by Crippen LogP contribution is 2.52. The van der Waals surface area contributed by atoms with Crippen LogP contribution in [0.2, 0.25) is 0 Å². The SMILES string of the molecule is COc1ccc2c(c1)[C@H](c1ccsc1)[C@](C)(C(=O)Nc1nccs1)C2. The second kappa shape index (κ2) is 6.28. The summed E-state index contributed by atoms with van der Waals surface area (Å²) in [5.41, 5.74) is 2.98. The highest BCUT2D eigenvalue weighted by molar-refractivity contribution is 7.13. The number of nitrogens with zero attached hydrogens (tertiary/aromatic N) is 1. The standard InChI is InChI=1S/C19H18N2O2S2/c1-19(17(22)21-18-20-6-8-25-18)10-12-3-4-14(23-2)9-15(12)16(19)13-5-7-24-11-13/h3-9,11,16H,10H2,1-2H3,(H,20,21,22)/t16-,19+/m0/s1. The van der Waals surface area contributed by atoms with Crippen LogP contribution in [0.15, 0.2) is 46.6 Å². The van der Waals surface area contributed by atoms with Crippen molar-refractivity contribution < 1.29 is 9.53 Å². The molecule has 25 heavy (non-hydrogen) atoms. The van der Waals surface area contributed by atoms with Gasteiger partial charge >= 0.3 is 0 Å². The lowest BCUT2D eigenvalue weighted by atomic mass is 9.74. The Bertz CT molecular complexity index is 890. The van der Waals surface area contributed by atoms with Gasteiger partial charge in [-0.1, -0.05) is 6.07 Å². The van der Waals surface area contributed by atoms with Crippen LogP contribution in [0.4, 0.5) is 5.13 Å². The van der Waals surface area contributed by atoms with Gasteiger partial charge in [-0.2, -0.15) is 11.3 Å². The van der Waals surface area contributed by atoms with E-state index < -0.39 is 5.41 Å². The lowest BCUT2D eigenvalue weighted by molar-refractivity contribution is -0.125. The van der Waals surface area contributed by atoms with Gasteiger partial charge in [-0.05, 0) is 59.0 Å². The third kappa shape index (κ3) is 2.75. The maximum absolute atomic E-state index is 13.2. The van der Waals surface area contributed by atoms with Gasteiger partial charge in [0.1, 0.15) is 5.75 Å². The number of carbonyl (C=O) groups is 1. The quantitative estimate of drug-likeness (QED) is 0.733. The summed E-state index contributed by atoms with van der Waals surface area (Å²) in [5.74, 6) is 0.834. The minimum atomic E-state index is -0.568. The highest BCUT2D eigenvalue weighted by atomic mass is 32.1. The molecule has 1 aromatic carbocycles. The molecular weight excluding hydrogens is 352 g/mol. The zero-order chi connectivity index (χ0) is 17.4. The molecule has 128 valence electrons. The molecule has 2 heterocycles. The predicted molar refractivity (Wildman–Crippen MR) is 102 cm³/mol. The van der Waals surface area contributed by atoms with Gasteiger partial charge in [-0.3, -0.25) is 4.79 Å². The number of benzene rings is 1. The molecule has 0 saturated heterocycles. The molecular formula is C19H18N2O2S2. The summed E-state index contributed by atoms with van der Waals surface area (Å²) >= 11 is 3.09. The molecule has 1 N–H and O–H groups in total. The van der Waals surface area contributed by atoms with Gasteiger partial charge in [0.05, 0.1) is 12.5 Å². The second-order valence-electron chi connectivity index (χ2n) is 6.44. The fourth-order valence-corrected chi connectivity index (χ4v) is 4.90. The molecule has 0 saturated carbocycles. The monoisotopic (exact) mass is 370 g/mol. The molecule has 3 aromatic rings. The number of fused-ring (bicyclic) bond motifs is 1. The number of anilines is 1. The number of rotatable bonds is 4. The van der Waals surface area contributed by atoms with E-state index in [4.69, 9.17) is 4.74 Å². The van der Waals surface area contributed by atoms with Gasteiger partial charge < -0.3 is 10.1 Å². The van der Waals surface area contributed by atoms with Crippen LogP contribution in [-0.4, -0.2) is 18.0 Å². The van der Waals surface area contributed by atoms with E-state index in [0.717, 1.165) is 5.75 Å². The molecule has 0 unspecified atom stereocenters. The highest BCUT2D eigenvalue weighted by Gasteiger charge is 2.49. The molecule has 4 rings (SSSR count). The smallest absolute Gasteiger partial charge is 0.233 e. The number of thiazole rings is 1. The van der Waals surface area contributed by atoms with Crippen molar-refractivity contribution in [2.45, 2.75) is 19.3 Å². The lowest BCUT2D eigenvalue weighted by Crippen LogP contribution is -2.37. The Labute approximate surface area is 154 Å². The van der Waals surface area contributed by atoms with Crippen LogP contribution in [0.5, 0.6) is 5.75 Å². The van der Waals surface area contributed by atoms with E-state index >= 15 is 0 Å². The maximum atomic E-state index is 13.2. The first-order valence-corrected chi connectivity index (χ1v) is 9.84. The summed E-state index contributed by atoms with van der Waals surface area (Å²) in [7, 11) is 1.67. The van der Waals surface area contributed by atoms with Crippen molar-refractivity contribution in [1.82, 2.24) is 4.98 Å². The number of ether oxygens (including phenoxy) is 1. The first-order chi connectivity index (χ1) is 12.1. The van der Waals surface area contributed by atoms with Crippen LogP contribution >= 0.6 is 22.7 Å². The molecule has 4 nitrogen and oxygen atoms in total. The molecule has 0 spiro atoms. The molecule has 1 aliphatic rings. The minimum absolute atomic E-state index is 0.00353. The van der Waals surface area contributed by atoms with E-state index in [0.29, 0.717) is 11.6 Å². The number of thiophene rings is 1. The van der Waals surface area contributed by atoms with Crippen LogP contribution in [0.1, 0.15) is 29.5 Å². The Morgan fingerprint density at radius 2 is 2.24 bits per heavy atom. The molecule has 1 amide bonds. The summed E-state index contributed by atoms with van der Waals surface area (Å²) in [4.78, 5) is 17.4. The van der Waals surface area contributed by atoms with Gasteiger partial charge in [0.15, 0.2) is 5.13 Å². The first kappa shape index (κ1) is 16.3. The van der Waals surface area contributed by atoms with Crippen molar-refractivity contribution in [3.05, 3.63) is 63.3 Å². The normalized spacial score (nSPS) is 21.8.